The molecule has 19 nitrogen and oxygen atoms in total. The first-order valence-corrected chi connectivity index (χ1v) is 36.3. The van der Waals surface area contributed by atoms with E-state index < -0.39 is 0 Å². The average molecular weight is 1440 g/mol. The maximum absolute atomic E-state index is 5.67. The summed E-state index contributed by atoms with van der Waals surface area (Å²) in [5.41, 5.74) is 10.2. The summed E-state index contributed by atoms with van der Waals surface area (Å²) in [6.45, 7) is 88.5. The molecule has 7 heterocycles. The maximum atomic E-state index is 5.67. The van der Waals surface area contributed by atoms with E-state index in [4.69, 9.17) is 26.7 Å². The van der Waals surface area contributed by atoms with Crippen LogP contribution in [0.5, 0.6) is 0 Å². The Bertz CT molecular complexity index is 3290. The van der Waals surface area contributed by atoms with Crippen molar-refractivity contribution >= 4 is 11.3 Å². The molecule has 0 radical (unpaired) electrons. The summed E-state index contributed by atoms with van der Waals surface area (Å²) in [5, 5.41) is 33.5. The zero-order valence-electron chi connectivity index (χ0n) is 69.7. The molecule has 0 fully saturated rings. The van der Waals surface area contributed by atoms with Crippen molar-refractivity contribution < 1.29 is 26.7 Å². The van der Waals surface area contributed by atoms with Gasteiger partial charge in [0.25, 0.3) is 0 Å². The van der Waals surface area contributed by atoms with Crippen LogP contribution in [-0.4, -0.2) is 73.0 Å². The van der Waals surface area contributed by atoms with Gasteiger partial charge < -0.3 is 63.9 Å². The quantitative estimate of drug-likeness (QED) is 0.0354. The van der Waals surface area contributed by atoms with Crippen LogP contribution in [0.1, 0.15) is 334 Å². The predicted molar refractivity (Wildman–Crippen MR) is 429 cm³/mol. The molecule has 0 aliphatic rings. The van der Waals surface area contributed by atoms with E-state index in [-0.39, 0.29) is 61.1 Å². The van der Waals surface area contributed by atoms with Crippen LogP contribution in [0.4, 0.5) is 0 Å². The number of furan rings is 1. The number of thiazole rings is 1. The number of hydrogen-bond acceptors (Lipinski definition) is 20. The van der Waals surface area contributed by atoms with Crippen LogP contribution in [0.2, 0.25) is 0 Å². The molecule has 0 saturated heterocycles. The van der Waals surface area contributed by atoms with Crippen molar-refractivity contribution in [3.63, 3.8) is 0 Å². The van der Waals surface area contributed by atoms with Gasteiger partial charge in [-0.3, -0.25) is 0 Å². The number of rotatable bonds is 21. The van der Waals surface area contributed by atoms with Gasteiger partial charge in [0.1, 0.15) is 45.9 Å². The van der Waals surface area contributed by atoms with Gasteiger partial charge in [-0.1, -0.05) is 94.9 Å². The van der Waals surface area contributed by atoms with Crippen molar-refractivity contribution in [2.45, 2.75) is 388 Å². The van der Waals surface area contributed by atoms with Gasteiger partial charge in [-0.05, 0) is 227 Å². The molecule has 7 aromatic heterocycles. The number of aryl methyl sites for hydroxylation is 12. The molecule has 0 aliphatic carbocycles. The van der Waals surface area contributed by atoms with Gasteiger partial charge in [-0.2, -0.15) is 0 Å². The predicted octanol–water partition coefficient (Wildman–Crippen LogP) is 20.6. The molecule has 7 N–H and O–H groups in total. The Morgan fingerprint density at radius 1 is 0.337 bits per heavy atom. The first-order chi connectivity index (χ1) is 44.4. The Labute approximate surface area is 621 Å². The highest BCUT2D eigenvalue weighted by molar-refractivity contribution is 7.11. The van der Waals surface area contributed by atoms with Crippen molar-refractivity contribution in [3.8, 4) is 0 Å². The zero-order valence-corrected chi connectivity index (χ0v) is 70.5. The molecule has 0 aliphatic heterocycles. The fourth-order valence-electron chi connectivity index (χ4n) is 13.0. The van der Waals surface area contributed by atoms with E-state index in [9.17, 15) is 0 Å². The number of nitrogens with one attached hydrogen (secondary N) is 7. The second-order valence-electron chi connectivity index (χ2n) is 31.9. The second kappa shape index (κ2) is 41.4. The van der Waals surface area contributed by atoms with Crippen LogP contribution in [0.15, 0.2) is 26.7 Å². The van der Waals surface area contributed by atoms with E-state index in [2.05, 4.69) is 275 Å². The number of hydrogen-bond donors (Lipinski definition) is 7. The summed E-state index contributed by atoms with van der Waals surface area (Å²) in [6, 6.07) is 2.66. The molecule has 0 aromatic carbocycles. The average Bonchev–Trinajstić information content (AvgIpc) is 1.64. The summed E-state index contributed by atoms with van der Waals surface area (Å²) >= 11 is 1.79. The minimum atomic E-state index is -0.201. The van der Waals surface area contributed by atoms with Gasteiger partial charge in [-0.25, -0.2) is 19.9 Å². The third kappa shape index (κ3) is 31.5. The van der Waals surface area contributed by atoms with Crippen molar-refractivity contribution in [3.05, 3.63) is 124 Å². The van der Waals surface area contributed by atoms with Crippen molar-refractivity contribution in [2.24, 2.45) is 0 Å². The van der Waals surface area contributed by atoms with E-state index >= 15 is 0 Å². The molecule has 7 rings (SSSR count). The zero-order chi connectivity index (χ0) is 76.5. The lowest BCUT2D eigenvalue weighted by atomic mass is 9.90. The summed E-state index contributed by atoms with van der Waals surface area (Å²) in [5.74, 6) is 8.87. The largest absolute Gasteiger partial charge is 0.466 e. The monoisotopic (exact) mass is 1440 g/mol. The van der Waals surface area contributed by atoms with E-state index in [0.717, 1.165) is 115 Å². The molecule has 0 atom stereocenters. The normalized spacial score (nSPS) is 12.1. The molecule has 0 spiro atoms. The fraction of sp³-hybridized carbons (Fsp3) is 0.728. The lowest BCUT2D eigenvalue weighted by Crippen LogP contribution is -2.41. The summed E-state index contributed by atoms with van der Waals surface area (Å²) in [7, 11) is 0. The molecule has 584 valence electrons. The van der Waals surface area contributed by atoms with Crippen molar-refractivity contribution in [1.82, 2.24) is 67.5 Å². The van der Waals surface area contributed by atoms with Crippen LogP contribution in [-0.2, 0) is 38.8 Å². The standard InChI is InChI=1S/C13H23NO.4C11H20N2O.C11H20N2S.C10H18N2O.3CH4/c1-8(2)14-13(6,7)12-9(3)10(4)15-11(12)5;1-7(2)13-11(5,6)10-8(3)14-9(4)12-10;1-7(2)13-11(5,6)10-12-8(3)9(4)14-10;1-7(2)12-11(5,6)10-8(3)9(4)14-13-10;1-7(2)12-11(5,6)10-8(3)9(4)13-14-10;1-7(2)13-11(5,6)10-8(3)12-9(4)14-10;1-6-11-10(4,5)9-7(2)12-8(3)13-9;;;/h8,14H,1-7H3;2*7,13H,1-6H3;2*7,12H,1-6H3;7,13H,1-6H3;11H,6H2,1-5H3;3*1H4. The van der Waals surface area contributed by atoms with E-state index in [1.807, 2.05) is 83.1 Å². The van der Waals surface area contributed by atoms with Crippen molar-refractivity contribution in [2.75, 3.05) is 6.54 Å². The van der Waals surface area contributed by atoms with Gasteiger partial charge in [0.2, 0.25) is 5.89 Å². The molecule has 7 aromatic rings. The number of oxazole rings is 3. The van der Waals surface area contributed by atoms with Crippen molar-refractivity contribution in [1.29, 1.82) is 0 Å². The minimum absolute atomic E-state index is 0. The Hall–Kier alpha value is -5.32. The van der Waals surface area contributed by atoms with Crippen LogP contribution >= 0.6 is 11.3 Å². The summed E-state index contributed by atoms with van der Waals surface area (Å²) in [6.07, 6.45) is 0. The summed E-state index contributed by atoms with van der Waals surface area (Å²) < 4.78 is 32.8. The molecular weight excluding hydrogens is 1280 g/mol. The molecule has 101 heavy (non-hydrogen) atoms. The lowest BCUT2D eigenvalue weighted by molar-refractivity contribution is 0.261. The molecule has 20 heteroatoms. The Morgan fingerprint density at radius 3 is 1.11 bits per heavy atom. The highest BCUT2D eigenvalue weighted by atomic mass is 32.1. The van der Waals surface area contributed by atoms with Crippen LogP contribution in [0.25, 0.3) is 0 Å². The highest BCUT2D eigenvalue weighted by Gasteiger charge is 2.33. The third-order valence-corrected chi connectivity index (χ3v) is 17.6. The third-order valence-electron chi connectivity index (χ3n) is 16.2. The fourth-order valence-corrected chi connectivity index (χ4v) is 14.0. The minimum Gasteiger partial charge on any atom is -0.466 e. The Balaban J connectivity index is -0.00000110. The summed E-state index contributed by atoms with van der Waals surface area (Å²) in [4.78, 5) is 18.9. The van der Waals surface area contributed by atoms with Gasteiger partial charge in [0.15, 0.2) is 17.5 Å². The molecule has 0 saturated carbocycles. The van der Waals surface area contributed by atoms with Crippen LogP contribution < -0.4 is 37.2 Å². The number of nitrogens with zero attached hydrogens (tertiary/aromatic N) is 6. The van der Waals surface area contributed by atoms with E-state index in [1.54, 1.807) is 11.3 Å². The second-order valence-corrected chi connectivity index (χ2v) is 33.1. The van der Waals surface area contributed by atoms with E-state index in [1.165, 1.54) is 16.0 Å². The maximum Gasteiger partial charge on any atom is 0.214 e. The SMILES string of the molecule is C.C.C.CCNC(C)(C)c1oc(C)nc1C.Cc1nc(C(C)(C)NC(C)C)c(C)o1.Cc1nc(C(C)(C)NC(C)C)oc1C.Cc1nc(C)c(C(C)(C)NC(C)C)s1.Cc1noc(C(C)(C)NC(C)C)c1C.Cc1oc(C)c(C(C)(C)NC(C)C)c1C.Cc1onc(C(C)(C)NC(C)C)c1C. The number of aromatic nitrogens is 6. The first-order valence-electron chi connectivity index (χ1n) is 35.5. The lowest BCUT2D eigenvalue weighted by Gasteiger charge is -2.29. The molecular formula is C81H153N13O6S. The van der Waals surface area contributed by atoms with E-state index in [0.29, 0.717) is 36.3 Å². The molecule has 0 unspecified atom stereocenters. The van der Waals surface area contributed by atoms with Gasteiger partial charge in [-0.15, -0.1) is 11.3 Å². The van der Waals surface area contributed by atoms with Crippen LogP contribution in [0, 0.1) is 104 Å². The topological polar surface area (TPSA) is 240 Å². The highest BCUT2D eigenvalue weighted by Crippen LogP contribution is 2.34. The van der Waals surface area contributed by atoms with Gasteiger partial charge in [0.05, 0.1) is 55.5 Å². The smallest absolute Gasteiger partial charge is 0.214 e. The molecule has 0 amide bonds. The first kappa shape index (κ1) is 99.9. The molecule has 0 bridgehead atoms. The van der Waals surface area contributed by atoms with Gasteiger partial charge >= 0.3 is 0 Å². The Kier molecular flexibility index (Phi) is 40.9. The van der Waals surface area contributed by atoms with Crippen LogP contribution in [0.3, 0.4) is 0 Å². The van der Waals surface area contributed by atoms with Gasteiger partial charge in [0, 0.05) is 82.7 Å². The Morgan fingerprint density at radius 2 is 0.772 bits per heavy atom.